The normalized spacial score (nSPS) is 10.5. The van der Waals surface area contributed by atoms with Crippen LogP contribution >= 0.6 is 8.20 Å². The van der Waals surface area contributed by atoms with Crippen LogP contribution in [0.1, 0.15) is 5.56 Å². The monoisotopic (exact) mass is 151 g/mol. The third kappa shape index (κ3) is 1.58. The molecule has 0 aliphatic rings. The highest BCUT2D eigenvalue weighted by atomic mass is 31.1. The van der Waals surface area contributed by atoms with Crippen LogP contribution in [-0.4, -0.2) is 12.5 Å². The second-order valence-corrected chi connectivity index (χ2v) is 2.79. The fourth-order valence-electron chi connectivity index (χ4n) is 0.768. The molecule has 0 aromatic heterocycles. The van der Waals surface area contributed by atoms with Crippen molar-refractivity contribution < 1.29 is 0 Å². The van der Waals surface area contributed by atoms with Crippen molar-refractivity contribution in [1.29, 1.82) is 0 Å². The zero-order chi connectivity index (χ0) is 7.40. The highest BCUT2D eigenvalue weighted by Gasteiger charge is 1.88. The summed E-state index contributed by atoms with van der Waals surface area (Å²) in [5, 5.41) is 0. The van der Waals surface area contributed by atoms with Crippen LogP contribution in [0.5, 0.6) is 0 Å². The van der Waals surface area contributed by atoms with Crippen molar-refractivity contribution in [1.82, 2.24) is 0 Å². The number of hydrogen-bond donors (Lipinski definition) is 1. The van der Waals surface area contributed by atoms with Gasteiger partial charge in [0.05, 0.1) is 0 Å². The van der Waals surface area contributed by atoms with Crippen molar-refractivity contribution >= 4 is 19.7 Å². The molecule has 1 aromatic rings. The molecule has 2 heteroatoms. The van der Waals surface area contributed by atoms with Gasteiger partial charge in [0.2, 0.25) is 0 Å². The predicted molar refractivity (Wildman–Crippen MR) is 48.9 cm³/mol. The van der Waals surface area contributed by atoms with E-state index >= 15 is 0 Å². The Kier molecular flexibility index (Phi) is 2.47. The first-order valence-corrected chi connectivity index (χ1v) is 4.52. The summed E-state index contributed by atoms with van der Waals surface area (Å²) in [5.41, 5.74) is 7.66. The van der Waals surface area contributed by atoms with Gasteiger partial charge < -0.3 is 5.73 Å². The second-order valence-electron chi connectivity index (χ2n) is 2.02. The summed E-state index contributed by atoms with van der Waals surface area (Å²) in [7, 11) is 1.25. The molecule has 2 N–H and O–H groups in total. The first-order chi connectivity index (χ1) is 4.84. The smallest absolute Gasteiger partial charge is 0.0391 e. The molecule has 0 saturated heterocycles. The summed E-state index contributed by atoms with van der Waals surface area (Å²) < 4.78 is 0. The number of hydrogen-bond acceptors (Lipinski definition) is 1. The Bertz CT molecular complexity index is 243. The molecule has 0 aliphatic carbocycles. The van der Waals surface area contributed by atoms with E-state index in [0.29, 0.717) is 0 Å². The number of nitrogens with two attached hydrogens (primary N) is 1. The first-order valence-electron chi connectivity index (χ1n) is 3.11. The Balaban J connectivity index is 3.03. The van der Waals surface area contributed by atoms with Crippen molar-refractivity contribution in [3.63, 3.8) is 0 Å². The van der Waals surface area contributed by atoms with Gasteiger partial charge in [-0.05, 0) is 18.5 Å². The molecule has 0 saturated carbocycles. The van der Waals surface area contributed by atoms with Crippen LogP contribution in [-0.2, 0) is 0 Å². The molecular formula is C8H10NP. The van der Waals surface area contributed by atoms with Crippen molar-refractivity contribution in [2.45, 2.75) is 0 Å². The molecule has 0 atom stereocenters. The van der Waals surface area contributed by atoms with E-state index in [1.807, 2.05) is 24.3 Å². The van der Waals surface area contributed by atoms with Gasteiger partial charge in [-0.15, -0.1) is 8.20 Å². The summed E-state index contributed by atoms with van der Waals surface area (Å²) in [6.07, 6.45) is 0. The fraction of sp³-hybridized carbons (Fsp3) is 0.125. The SMILES string of the molecule is CP=Cc1ccccc1N. The molecule has 1 aromatic carbocycles. The molecule has 0 amide bonds. The number of nitrogen functional groups attached to an aromatic ring is 1. The van der Waals surface area contributed by atoms with Gasteiger partial charge in [-0.2, -0.15) is 0 Å². The van der Waals surface area contributed by atoms with Gasteiger partial charge in [-0.1, -0.05) is 18.2 Å². The Labute approximate surface area is 62.7 Å². The summed E-state index contributed by atoms with van der Waals surface area (Å²) in [6, 6.07) is 7.87. The molecule has 0 unspecified atom stereocenters. The van der Waals surface area contributed by atoms with E-state index < -0.39 is 0 Å². The summed E-state index contributed by atoms with van der Waals surface area (Å²) in [6.45, 7) is 2.08. The minimum atomic E-state index is 0.858. The van der Waals surface area contributed by atoms with Gasteiger partial charge in [0.1, 0.15) is 0 Å². The van der Waals surface area contributed by atoms with Gasteiger partial charge in [0.15, 0.2) is 0 Å². The lowest BCUT2D eigenvalue weighted by molar-refractivity contribution is 1.66. The molecule has 0 spiro atoms. The Hall–Kier alpha value is -0.810. The van der Waals surface area contributed by atoms with E-state index in [1.165, 1.54) is 8.20 Å². The highest BCUT2D eigenvalue weighted by molar-refractivity contribution is 7.38. The third-order valence-electron chi connectivity index (χ3n) is 1.26. The Morgan fingerprint density at radius 3 is 2.70 bits per heavy atom. The van der Waals surface area contributed by atoms with Crippen LogP contribution in [0.2, 0.25) is 0 Å². The van der Waals surface area contributed by atoms with Crippen molar-refractivity contribution in [3.05, 3.63) is 29.8 Å². The number of benzene rings is 1. The van der Waals surface area contributed by atoms with E-state index in [0.717, 1.165) is 11.3 Å². The molecule has 0 aliphatic heterocycles. The minimum Gasteiger partial charge on any atom is -0.398 e. The maximum Gasteiger partial charge on any atom is 0.0391 e. The molecular weight excluding hydrogens is 141 g/mol. The van der Waals surface area contributed by atoms with Crippen LogP contribution in [0.15, 0.2) is 24.3 Å². The van der Waals surface area contributed by atoms with Gasteiger partial charge in [-0.25, -0.2) is 0 Å². The molecule has 1 nitrogen and oxygen atoms in total. The molecule has 10 heavy (non-hydrogen) atoms. The maximum absolute atomic E-state index is 5.67. The van der Waals surface area contributed by atoms with Gasteiger partial charge >= 0.3 is 0 Å². The molecule has 52 valence electrons. The van der Waals surface area contributed by atoms with Crippen molar-refractivity contribution in [2.75, 3.05) is 12.4 Å². The Morgan fingerprint density at radius 1 is 1.40 bits per heavy atom. The molecule has 0 heterocycles. The van der Waals surface area contributed by atoms with E-state index in [2.05, 4.69) is 12.5 Å². The van der Waals surface area contributed by atoms with Crippen LogP contribution in [0.4, 0.5) is 5.69 Å². The lowest BCUT2D eigenvalue weighted by atomic mass is 10.2. The zero-order valence-electron chi connectivity index (χ0n) is 5.91. The average molecular weight is 151 g/mol. The number of anilines is 1. The summed E-state index contributed by atoms with van der Waals surface area (Å²) in [4.78, 5) is 0. The number of rotatable bonds is 1. The molecule has 1 rings (SSSR count). The van der Waals surface area contributed by atoms with E-state index in [9.17, 15) is 0 Å². The summed E-state index contributed by atoms with van der Waals surface area (Å²) >= 11 is 0. The lowest BCUT2D eigenvalue weighted by Crippen LogP contribution is -1.89. The first kappa shape index (κ1) is 7.30. The second kappa shape index (κ2) is 3.38. The van der Waals surface area contributed by atoms with Crippen LogP contribution < -0.4 is 5.73 Å². The van der Waals surface area contributed by atoms with Crippen LogP contribution in [0, 0.1) is 0 Å². The fourth-order valence-corrected chi connectivity index (χ4v) is 1.28. The quantitative estimate of drug-likeness (QED) is 0.482. The van der Waals surface area contributed by atoms with Crippen molar-refractivity contribution in [3.8, 4) is 0 Å². The molecule has 0 radical (unpaired) electrons. The zero-order valence-corrected chi connectivity index (χ0v) is 6.81. The van der Waals surface area contributed by atoms with Crippen LogP contribution in [0.3, 0.4) is 0 Å². The topological polar surface area (TPSA) is 26.0 Å². The lowest BCUT2D eigenvalue weighted by Gasteiger charge is -1.95. The Morgan fingerprint density at radius 2 is 2.10 bits per heavy atom. The predicted octanol–water partition coefficient (Wildman–Crippen LogP) is 2.00. The average Bonchev–Trinajstić information content (AvgIpc) is 1.94. The van der Waals surface area contributed by atoms with Crippen molar-refractivity contribution in [2.24, 2.45) is 0 Å². The molecule has 0 bridgehead atoms. The van der Waals surface area contributed by atoms with Gasteiger partial charge in [0.25, 0.3) is 0 Å². The maximum atomic E-state index is 5.67. The standard InChI is InChI=1S/C8H10NP/c1-10-6-7-4-2-3-5-8(7)9/h2-6H,9H2,1H3. The largest absolute Gasteiger partial charge is 0.398 e. The highest BCUT2D eigenvalue weighted by Crippen LogP contribution is 2.08. The van der Waals surface area contributed by atoms with Gasteiger partial charge in [-0.3, -0.25) is 0 Å². The van der Waals surface area contributed by atoms with E-state index in [1.54, 1.807) is 0 Å². The number of para-hydroxylation sites is 1. The van der Waals surface area contributed by atoms with Gasteiger partial charge in [0, 0.05) is 11.3 Å². The van der Waals surface area contributed by atoms with E-state index in [-0.39, 0.29) is 0 Å². The third-order valence-corrected chi connectivity index (χ3v) is 1.80. The summed E-state index contributed by atoms with van der Waals surface area (Å²) in [5.74, 6) is 2.09. The van der Waals surface area contributed by atoms with E-state index in [4.69, 9.17) is 5.73 Å². The van der Waals surface area contributed by atoms with Crippen LogP contribution in [0.25, 0.3) is 0 Å². The minimum absolute atomic E-state index is 0.858. The molecule has 0 fully saturated rings.